The smallest absolute Gasteiger partial charge is 0.240 e. The number of benzene rings is 1. The number of rotatable bonds is 6. The van der Waals surface area contributed by atoms with Crippen molar-refractivity contribution in [3.05, 3.63) is 35.9 Å². The number of nitrogens with zero attached hydrogens (tertiary/aromatic N) is 1. The van der Waals surface area contributed by atoms with Gasteiger partial charge in [0.05, 0.1) is 0 Å². The van der Waals surface area contributed by atoms with Crippen LogP contribution in [-0.2, 0) is 16.1 Å². The highest BCUT2D eigenvalue weighted by molar-refractivity contribution is 5.89. The van der Waals surface area contributed by atoms with Gasteiger partial charge in [-0.25, -0.2) is 5.43 Å². The van der Waals surface area contributed by atoms with Crippen LogP contribution in [-0.4, -0.2) is 17.5 Å². The molecule has 5 nitrogen and oxygen atoms in total. The maximum atomic E-state index is 11.7. The zero-order valence-electron chi connectivity index (χ0n) is 13.8. The fourth-order valence-electron chi connectivity index (χ4n) is 1.48. The lowest BCUT2D eigenvalue weighted by molar-refractivity contribution is -0.126. The van der Waals surface area contributed by atoms with Crippen molar-refractivity contribution in [2.75, 3.05) is 0 Å². The van der Waals surface area contributed by atoms with Crippen LogP contribution in [0.15, 0.2) is 35.4 Å². The van der Waals surface area contributed by atoms with Crippen LogP contribution in [0, 0.1) is 5.41 Å². The van der Waals surface area contributed by atoms with Crippen molar-refractivity contribution >= 4 is 17.5 Å². The molecular formula is C17H25N3O2. The topological polar surface area (TPSA) is 70.6 Å². The molecule has 0 radical (unpaired) electrons. The molecule has 2 N–H and O–H groups in total. The molecule has 22 heavy (non-hydrogen) atoms. The Hall–Kier alpha value is -2.17. The fourth-order valence-corrected chi connectivity index (χ4v) is 1.48. The molecule has 0 heterocycles. The number of nitrogens with one attached hydrogen (secondary N) is 2. The second-order valence-electron chi connectivity index (χ2n) is 6.24. The van der Waals surface area contributed by atoms with Crippen molar-refractivity contribution in [3.8, 4) is 0 Å². The van der Waals surface area contributed by atoms with Crippen molar-refractivity contribution in [1.29, 1.82) is 0 Å². The number of carbonyl (C=O) groups excluding carboxylic acids is 2. The molecule has 0 spiro atoms. The van der Waals surface area contributed by atoms with Crippen LogP contribution in [0.4, 0.5) is 0 Å². The minimum atomic E-state index is -0.251. The van der Waals surface area contributed by atoms with Crippen molar-refractivity contribution < 1.29 is 9.59 Å². The molecule has 0 aliphatic heterocycles. The highest BCUT2D eigenvalue weighted by Gasteiger charge is 2.14. The van der Waals surface area contributed by atoms with E-state index in [-0.39, 0.29) is 30.1 Å². The molecule has 0 aliphatic carbocycles. The van der Waals surface area contributed by atoms with Gasteiger partial charge in [-0.15, -0.1) is 0 Å². The molecule has 120 valence electrons. The summed E-state index contributed by atoms with van der Waals surface area (Å²) < 4.78 is 0. The number of hydrogen-bond acceptors (Lipinski definition) is 3. The molecule has 1 aromatic carbocycles. The standard InChI is InChI=1S/C17H25N3O2/c1-13(17(2,3)4)19-20-16(22)11-10-15(21)18-12-14-8-6-5-7-9-14/h5-9H,10-12H2,1-4H3,(H,18,21)(H,20,22). The monoisotopic (exact) mass is 303 g/mol. The van der Waals surface area contributed by atoms with Crippen LogP contribution in [0.3, 0.4) is 0 Å². The van der Waals surface area contributed by atoms with Gasteiger partial charge in [0.2, 0.25) is 11.8 Å². The molecule has 2 amide bonds. The van der Waals surface area contributed by atoms with Crippen molar-refractivity contribution in [2.45, 2.75) is 47.1 Å². The molecule has 0 fully saturated rings. The van der Waals surface area contributed by atoms with Crippen LogP contribution < -0.4 is 10.7 Å². The van der Waals surface area contributed by atoms with E-state index in [1.54, 1.807) is 0 Å². The molecule has 0 atom stereocenters. The van der Waals surface area contributed by atoms with Crippen LogP contribution >= 0.6 is 0 Å². The molecule has 0 bridgehead atoms. The van der Waals surface area contributed by atoms with E-state index in [1.807, 2.05) is 58.0 Å². The molecule has 0 saturated carbocycles. The highest BCUT2D eigenvalue weighted by atomic mass is 16.2. The van der Waals surface area contributed by atoms with Gasteiger partial charge in [0.25, 0.3) is 0 Å². The van der Waals surface area contributed by atoms with E-state index in [9.17, 15) is 9.59 Å². The van der Waals surface area contributed by atoms with Gasteiger partial charge in [0.1, 0.15) is 0 Å². The summed E-state index contributed by atoms with van der Waals surface area (Å²) in [6.45, 7) is 8.41. The first-order valence-electron chi connectivity index (χ1n) is 7.43. The first-order valence-corrected chi connectivity index (χ1v) is 7.43. The molecule has 5 heteroatoms. The average Bonchev–Trinajstić information content (AvgIpc) is 2.48. The first-order chi connectivity index (χ1) is 10.3. The third-order valence-corrected chi connectivity index (χ3v) is 3.35. The van der Waals surface area contributed by atoms with E-state index in [0.29, 0.717) is 6.54 Å². The van der Waals surface area contributed by atoms with Crippen molar-refractivity contribution in [1.82, 2.24) is 10.7 Å². The predicted octanol–water partition coefficient (Wildman–Crippen LogP) is 2.62. The lowest BCUT2D eigenvalue weighted by Gasteiger charge is -2.17. The van der Waals surface area contributed by atoms with Gasteiger partial charge >= 0.3 is 0 Å². The van der Waals surface area contributed by atoms with E-state index in [4.69, 9.17) is 0 Å². The number of hydrogen-bond donors (Lipinski definition) is 2. The molecular weight excluding hydrogens is 278 g/mol. The SMILES string of the molecule is CC(=NNC(=O)CCC(=O)NCc1ccccc1)C(C)(C)C. The average molecular weight is 303 g/mol. The zero-order valence-corrected chi connectivity index (χ0v) is 13.8. The Balaban J connectivity index is 2.28. The zero-order chi connectivity index (χ0) is 16.6. The van der Waals surface area contributed by atoms with Gasteiger partial charge in [-0.3, -0.25) is 9.59 Å². The second-order valence-corrected chi connectivity index (χ2v) is 6.24. The number of carbonyl (C=O) groups is 2. The van der Waals surface area contributed by atoms with Crippen molar-refractivity contribution in [3.63, 3.8) is 0 Å². The van der Waals surface area contributed by atoms with Crippen LogP contribution in [0.5, 0.6) is 0 Å². The Morgan fingerprint density at radius 1 is 1.05 bits per heavy atom. The van der Waals surface area contributed by atoms with Gasteiger partial charge in [-0.05, 0) is 12.5 Å². The summed E-state index contributed by atoms with van der Waals surface area (Å²) in [6.07, 6.45) is 0.282. The third-order valence-electron chi connectivity index (χ3n) is 3.35. The summed E-state index contributed by atoms with van der Waals surface area (Å²) in [7, 11) is 0. The van der Waals surface area contributed by atoms with Gasteiger partial charge in [0.15, 0.2) is 0 Å². The summed E-state index contributed by atoms with van der Waals surface area (Å²) in [4.78, 5) is 23.3. The van der Waals surface area contributed by atoms with Crippen LogP contribution in [0.2, 0.25) is 0 Å². The quantitative estimate of drug-likeness (QED) is 0.626. The fraction of sp³-hybridized carbons (Fsp3) is 0.471. The minimum Gasteiger partial charge on any atom is -0.352 e. The molecule has 1 aromatic rings. The summed E-state index contributed by atoms with van der Waals surface area (Å²) in [5.41, 5.74) is 4.28. The van der Waals surface area contributed by atoms with Crippen LogP contribution in [0.25, 0.3) is 0 Å². The Morgan fingerprint density at radius 2 is 1.64 bits per heavy atom. The van der Waals surface area contributed by atoms with Crippen molar-refractivity contribution in [2.24, 2.45) is 10.5 Å². The maximum absolute atomic E-state index is 11.7. The van der Waals surface area contributed by atoms with E-state index >= 15 is 0 Å². The first kappa shape index (κ1) is 17.9. The maximum Gasteiger partial charge on any atom is 0.240 e. The Labute approximate surface area is 132 Å². The largest absolute Gasteiger partial charge is 0.352 e. The van der Waals surface area contributed by atoms with E-state index in [1.165, 1.54) is 0 Å². The van der Waals surface area contributed by atoms with E-state index in [2.05, 4.69) is 15.8 Å². The van der Waals surface area contributed by atoms with Gasteiger partial charge in [0, 0.05) is 30.5 Å². The van der Waals surface area contributed by atoms with Crippen LogP contribution in [0.1, 0.15) is 46.1 Å². The molecule has 0 saturated heterocycles. The second kappa shape index (κ2) is 8.32. The molecule has 0 aromatic heterocycles. The van der Waals surface area contributed by atoms with Gasteiger partial charge < -0.3 is 5.32 Å². The summed E-state index contributed by atoms with van der Waals surface area (Å²) in [5, 5.41) is 6.84. The highest BCUT2D eigenvalue weighted by Crippen LogP contribution is 2.14. The summed E-state index contributed by atoms with van der Waals surface area (Å²) >= 11 is 0. The molecule has 0 unspecified atom stereocenters. The number of hydrazone groups is 1. The lowest BCUT2D eigenvalue weighted by atomic mass is 9.91. The summed E-state index contributed by atoms with van der Waals surface area (Å²) in [6, 6.07) is 9.65. The van der Waals surface area contributed by atoms with E-state index < -0.39 is 0 Å². The molecule has 0 aliphatic rings. The van der Waals surface area contributed by atoms with Gasteiger partial charge in [-0.2, -0.15) is 5.10 Å². The van der Waals surface area contributed by atoms with E-state index in [0.717, 1.165) is 11.3 Å². The molecule has 1 rings (SSSR count). The Bertz CT molecular complexity index is 531. The predicted molar refractivity (Wildman–Crippen MR) is 88.2 cm³/mol. The Morgan fingerprint density at radius 3 is 2.23 bits per heavy atom. The van der Waals surface area contributed by atoms with Gasteiger partial charge in [-0.1, -0.05) is 51.1 Å². The minimum absolute atomic E-state index is 0.0830. The number of amides is 2. The lowest BCUT2D eigenvalue weighted by Crippen LogP contribution is -2.27. The Kier molecular flexibility index (Phi) is 6.76. The normalized spacial score (nSPS) is 11.9. The third kappa shape index (κ3) is 7.02. The summed E-state index contributed by atoms with van der Waals surface area (Å²) in [5.74, 6) is -0.394.